The number of ether oxygens (including phenoxy) is 2. The molecule has 1 heterocycles. The Morgan fingerprint density at radius 3 is 2.46 bits per heavy atom. The summed E-state index contributed by atoms with van der Waals surface area (Å²) in [6, 6.07) is 19.5. The summed E-state index contributed by atoms with van der Waals surface area (Å²) in [7, 11) is 1.59. The normalized spacial score (nSPS) is 11.7. The van der Waals surface area contributed by atoms with Crippen LogP contribution in [0.4, 0.5) is 14.5 Å². The molecular formula is C25H22F2N4O3S. The molecule has 4 rings (SSSR count). The predicted octanol–water partition coefficient (Wildman–Crippen LogP) is 5.42. The third-order valence-corrected chi connectivity index (χ3v) is 5.87. The van der Waals surface area contributed by atoms with Crippen molar-refractivity contribution in [3.05, 3.63) is 90.3 Å². The zero-order valence-electron chi connectivity index (χ0n) is 18.9. The van der Waals surface area contributed by atoms with E-state index in [-0.39, 0.29) is 11.4 Å². The van der Waals surface area contributed by atoms with Crippen molar-refractivity contribution in [3.8, 4) is 17.2 Å². The third kappa shape index (κ3) is 5.96. The minimum absolute atomic E-state index is 0.0887. The molecule has 0 aliphatic rings. The fourth-order valence-electron chi connectivity index (χ4n) is 3.28. The SMILES string of the molecule is COc1ccc(OC(C)c2nnc(SCC(=O)Nc3cc(F)ccc3F)n2-c2ccccc2)cc1. The molecule has 0 radical (unpaired) electrons. The Balaban J connectivity index is 1.53. The first-order valence-electron chi connectivity index (χ1n) is 10.6. The Morgan fingerprint density at radius 2 is 1.74 bits per heavy atom. The van der Waals surface area contributed by atoms with Crippen molar-refractivity contribution < 1.29 is 23.0 Å². The Morgan fingerprint density at radius 1 is 1.03 bits per heavy atom. The van der Waals surface area contributed by atoms with Gasteiger partial charge < -0.3 is 14.8 Å². The van der Waals surface area contributed by atoms with E-state index in [0.29, 0.717) is 22.5 Å². The summed E-state index contributed by atoms with van der Waals surface area (Å²) in [6.07, 6.45) is -0.472. The standard InChI is InChI=1S/C25H22F2N4O3S/c1-16(34-20-11-9-19(33-2)10-12-20)24-29-30-25(31(24)18-6-4-3-5-7-18)35-15-23(32)28-22-14-17(26)8-13-21(22)27/h3-14,16H,15H2,1-2H3,(H,28,32). The highest BCUT2D eigenvalue weighted by molar-refractivity contribution is 7.99. The number of hydrogen-bond acceptors (Lipinski definition) is 6. The monoisotopic (exact) mass is 496 g/mol. The van der Waals surface area contributed by atoms with Gasteiger partial charge in [-0.15, -0.1) is 10.2 Å². The van der Waals surface area contributed by atoms with Crippen LogP contribution in [-0.4, -0.2) is 33.5 Å². The highest BCUT2D eigenvalue weighted by atomic mass is 32.2. The van der Waals surface area contributed by atoms with Crippen molar-refractivity contribution in [2.45, 2.75) is 18.2 Å². The van der Waals surface area contributed by atoms with Gasteiger partial charge in [-0.05, 0) is 55.5 Å². The first-order valence-corrected chi connectivity index (χ1v) is 11.6. The molecule has 35 heavy (non-hydrogen) atoms. The molecule has 3 aromatic carbocycles. The van der Waals surface area contributed by atoms with Crippen LogP contribution >= 0.6 is 11.8 Å². The number of aromatic nitrogens is 3. The summed E-state index contributed by atoms with van der Waals surface area (Å²) in [5, 5.41) is 11.4. The Bertz CT molecular complexity index is 1300. The number of methoxy groups -OCH3 is 1. The zero-order valence-corrected chi connectivity index (χ0v) is 19.8. The van der Waals surface area contributed by atoms with E-state index < -0.39 is 23.6 Å². The number of rotatable bonds is 9. The van der Waals surface area contributed by atoms with Crippen LogP contribution in [0, 0.1) is 11.6 Å². The molecule has 1 N–H and O–H groups in total. The first kappa shape index (κ1) is 24.2. The number of amides is 1. The topological polar surface area (TPSA) is 78.3 Å². The van der Waals surface area contributed by atoms with Crippen LogP contribution in [0.1, 0.15) is 18.9 Å². The maximum atomic E-state index is 13.9. The van der Waals surface area contributed by atoms with Crippen LogP contribution in [0.25, 0.3) is 5.69 Å². The largest absolute Gasteiger partial charge is 0.497 e. The second kappa shape index (κ2) is 11.0. The lowest BCUT2D eigenvalue weighted by Crippen LogP contribution is -2.16. The van der Waals surface area contributed by atoms with Gasteiger partial charge in [0.2, 0.25) is 5.91 Å². The van der Waals surface area contributed by atoms with Crippen LogP contribution in [0.3, 0.4) is 0 Å². The molecule has 10 heteroatoms. The Hall–Kier alpha value is -3.92. The molecule has 1 atom stereocenters. The molecule has 1 aromatic heterocycles. The van der Waals surface area contributed by atoms with E-state index in [0.717, 1.165) is 35.6 Å². The number of benzene rings is 3. The number of para-hydroxylation sites is 1. The van der Waals surface area contributed by atoms with Gasteiger partial charge in [-0.25, -0.2) is 8.78 Å². The number of thioether (sulfide) groups is 1. The average Bonchev–Trinajstić information content (AvgIpc) is 3.30. The van der Waals surface area contributed by atoms with Gasteiger partial charge in [-0.1, -0.05) is 30.0 Å². The molecule has 1 amide bonds. The van der Waals surface area contributed by atoms with Gasteiger partial charge in [0.1, 0.15) is 23.1 Å². The van der Waals surface area contributed by atoms with Crippen molar-refractivity contribution in [2.75, 3.05) is 18.2 Å². The number of nitrogens with zero attached hydrogens (tertiary/aromatic N) is 3. The molecule has 0 fully saturated rings. The van der Waals surface area contributed by atoms with Crippen LogP contribution in [0.15, 0.2) is 78.0 Å². The van der Waals surface area contributed by atoms with Crippen LogP contribution < -0.4 is 14.8 Å². The van der Waals surface area contributed by atoms with Gasteiger partial charge in [-0.3, -0.25) is 9.36 Å². The summed E-state index contributed by atoms with van der Waals surface area (Å²) in [5.74, 6) is -0.0802. The van der Waals surface area contributed by atoms with E-state index in [1.807, 2.05) is 37.3 Å². The van der Waals surface area contributed by atoms with E-state index in [1.165, 1.54) is 0 Å². The lowest BCUT2D eigenvalue weighted by Gasteiger charge is -2.17. The number of carbonyl (C=O) groups is 1. The molecule has 0 saturated heterocycles. The van der Waals surface area contributed by atoms with E-state index in [4.69, 9.17) is 9.47 Å². The Labute approximate surface area is 205 Å². The lowest BCUT2D eigenvalue weighted by atomic mass is 10.3. The third-order valence-electron chi connectivity index (χ3n) is 4.94. The van der Waals surface area contributed by atoms with Crippen LogP contribution in [0.5, 0.6) is 11.5 Å². The number of halogens is 2. The number of anilines is 1. The average molecular weight is 497 g/mol. The number of nitrogens with one attached hydrogen (secondary N) is 1. The Kier molecular flexibility index (Phi) is 7.61. The van der Waals surface area contributed by atoms with Crippen LogP contribution in [-0.2, 0) is 4.79 Å². The van der Waals surface area contributed by atoms with E-state index in [2.05, 4.69) is 15.5 Å². The van der Waals surface area contributed by atoms with Crippen molar-refractivity contribution in [1.82, 2.24) is 14.8 Å². The van der Waals surface area contributed by atoms with Gasteiger partial charge in [0.05, 0.1) is 18.6 Å². The second-order valence-corrected chi connectivity index (χ2v) is 8.35. The summed E-state index contributed by atoms with van der Waals surface area (Å²) >= 11 is 1.12. The summed E-state index contributed by atoms with van der Waals surface area (Å²) in [6.45, 7) is 1.85. The number of carbonyl (C=O) groups excluding carboxylic acids is 1. The van der Waals surface area contributed by atoms with Crippen molar-refractivity contribution in [3.63, 3.8) is 0 Å². The van der Waals surface area contributed by atoms with Crippen molar-refractivity contribution >= 4 is 23.4 Å². The van der Waals surface area contributed by atoms with Crippen molar-refractivity contribution in [2.24, 2.45) is 0 Å². The summed E-state index contributed by atoms with van der Waals surface area (Å²) < 4.78 is 40.3. The van der Waals surface area contributed by atoms with Gasteiger partial charge >= 0.3 is 0 Å². The van der Waals surface area contributed by atoms with E-state index in [1.54, 1.807) is 35.9 Å². The molecule has 0 saturated carbocycles. The van der Waals surface area contributed by atoms with Gasteiger partial charge in [-0.2, -0.15) is 0 Å². The predicted molar refractivity (Wildman–Crippen MR) is 129 cm³/mol. The lowest BCUT2D eigenvalue weighted by molar-refractivity contribution is -0.113. The summed E-state index contributed by atoms with van der Waals surface area (Å²) in [5.41, 5.74) is 0.569. The van der Waals surface area contributed by atoms with Crippen molar-refractivity contribution in [1.29, 1.82) is 0 Å². The molecule has 0 aliphatic heterocycles. The van der Waals surface area contributed by atoms with E-state index >= 15 is 0 Å². The van der Waals surface area contributed by atoms with Gasteiger partial charge in [0, 0.05) is 11.8 Å². The fourth-order valence-corrected chi connectivity index (χ4v) is 4.04. The highest BCUT2D eigenvalue weighted by Gasteiger charge is 2.22. The molecule has 4 aromatic rings. The number of hydrogen-bond donors (Lipinski definition) is 1. The molecule has 180 valence electrons. The smallest absolute Gasteiger partial charge is 0.234 e. The van der Waals surface area contributed by atoms with Gasteiger partial charge in [0.15, 0.2) is 17.1 Å². The maximum absolute atomic E-state index is 13.9. The minimum Gasteiger partial charge on any atom is -0.497 e. The quantitative estimate of drug-likeness (QED) is 0.312. The molecular weight excluding hydrogens is 474 g/mol. The molecule has 0 spiro atoms. The highest BCUT2D eigenvalue weighted by Crippen LogP contribution is 2.29. The first-order chi connectivity index (χ1) is 16.9. The molecule has 0 aliphatic carbocycles. The molecule has 7 nitrogen and oxygen atoms in total. The molecule has 1 unspecified atom stereocenters. The van der Waals surface area contributed by atoms with E-state index in [9.17, 15) is 13.6 Å². The van der Waals surface area contributed by atoms with Gasteiger partial charge in [0.25, 0.3) is 0 Å². The molecule has 0 bridgehead atoms. The fraction of sp³-hybridized carbons (Fsp3) is 0.160. The minimum atomic E-state index is -0.719. The zero-order chi connectivity index (χ0) is 24.8. The summed E-state index contributed by atoms with van der Waals surface area (Å²) in [4.78, 5) is 12.4. The second-order valence-electron chi connectivity index (χ2n) is 7.41. The van der Waals surface area contributed by atoms with Crippen LogP contribution in [0.2, 0.25) is 0 Å². The maximum Gasteiger partial charge on any atom is 0.234 e.